The van der Waals surface area contributed by atoms with Crippen molar-refractivity contribution in [2.75, 3.05) is 0 Å². The van der Waals surface area contributed by atoms with Gasteiger partial charge in [0.2, 0.25) is 0 Å². The van der Waals surface area contributed by atoms with Gasteiger partial charge in [-0.05, 0) is 30.1 Å². The van der Waals surface area contributed by atoms with Crippen LogP contribution >= 0.6 is 11.8 Å². The lowest BCUT2D eigenvalue weighted by molar-refractivity contribution is 0.165. The molecule has 1 aliphatic carbocycles. The average Bonchev–Trinajstić information content (AvgIpc) is 1.85. The number of allylic oxidation sites excluding steroid dienone is 2. The highest BCUT2D eigenvalue weighted by molar-refractivity contribution is 8.04. The molecule has 2 aliphatic heterocycles. The molecule has 0 radical (unpaired) electrons. The van der Waals surface area contributed by atoms with E-state index in [0.29, 0.717) is 5.92 Å². The Labute approximate surface area is 66.1 Å². The number of hydrogen-bond donors (Lipinski definition) is 1. The Morgan fingerprint density at radius 3 is 2.90 bits per heavy atom. The highest BCUT2D eigenvalue weighted by Crippen LogP contribution is 2.56. The van der Waals surface area contributed by atoms with Gasteiger partial charge in [0.25, 0.3) is 0 Å². The summed E-state index contributed by atoms with van der Waals surface area (Å²) in [5.74, 6) is 1.48. The van der Waals surface area contributed by atoms with Gasteiger partial charge in [-0.1, -0.05) is 13.0 Å². The Morgan fingerprint density at radius 1 is 1.80 bits per heavy atom. The van der Waals surface area contributed by atoms with Crippen LogP contribution < -0.4 is 5.73 Å². The van der Waals surface area contributed by atoms with Gasteiger partial charge in [0.15, 0.2) is 0 Å². The molecule has 1 saturated carbocycles. The third-order valence-corrected chi connectivity index (χ3v) is 4.14. The van der Waals surface area contributed by atoms with E-state index in [2.05, 4.69) is 19.9 Å². The Balaban J connectivity index is 2.27. The van der Waals surface area contributed by atoms with E-state index in [0.717, 1.165) is 5.92 Å². The number of thioether (sulfide) groups is 1. The molecule has 56 valence electrons. The fourth-order valence-corrected chi connectivity index (χ4v) is 3.38. The van der Waals surface area contributed by atoms with E-state index < -0.39 is 0 Å². The van der Waals surface area contributed by atoms with Crippen LogP contribution in [0.2, 0.25) is 0 Å². The molecular formula is C8H13NS. The molecule has 3 rings (SSSR count). The van der Waals surface area contributed by atoms with Gasteiger partial charge in [-0.25, -0.2) is 0 Å². The number of fused-ring (bicyclic) bond motifs is 1. The third kappa shape index (κ3) is 0.692. The lowest BCUT2D eigenvalue weighted by Gasteiger charge is -2.53. The van der Waals surface area contributed by atoms with Crippen LogP contribution in [0.25, 0.3) is 0 Å². The summed E-state index contributed by atoms with van der Waals surface area (Å²) in [6.07, 6.45) is 3.56. The first-order valence-corrected chi connectivity index (χ1v) is 4.60. The monoisotopic (exact) mass is 155 g/mol. The summed E-state index contributed by atoms with van der Waals surface area (Å²) in [4.78, 5) is 1.51. The van der Waals surface area contributed by atoms with Crippen molar-refractivity contribution in [3.8, 4) is 0 Å². The van der Waals surface area contributed by atoms with Gasteiger partial charge in [0.05, 0.1) is 4.87 Å². The molecule has 0 spiro atoms. The Hall–Kier alpha value is 0.0500. The Bertz CT molecular complexity index is 199. The van der Waals surface area contributed by atoms with Gasteiger partial charge in [0.1, 0.15) is 0 Å². The molecule has 0 aromatic rings. The fourth-order valence-electron chi connectivity index (χ4n) is 1.91. The Morgan fingerprint density at radius 2 is 2.50 bits per heavy atom. The summed E-state index contributed by atoms with van der Waals surface area (Å²) in [5, 5.41) is 0. The quantitative estimate of drug-likeness (QED) is 0.578. The molecule has 1 fully saturated rings. The van der Waals surface area contributed by atoms with Crippen molar-refractivity contribution in [2.45, 2.75) is 25.1 Å². The third-order valence-electron chi connectivity index (χ3n) is 2.77. The summed E-state index contributed by atoms with van der Waals surface area (Å²) in [6.45, 7) is 4.41. The highest BCUT2D eigenvalue weighted by Gasteiger charge is 2.50. The van der Waals surface area contributed by atoms with E-state index in [1.165, 1.54) is 11.3 Å². The van der Waals surface area contributed by atoms with Crippen LogP contribution in [0.3, 0.4) is 0 Å². The van der Waals surface area contributed by atoms with Crippen molar-refractivity contribution in [3.63, 3.8) is 0 Å². The van der Waals surface area contributed by atoms with Crippen LogP contribution in [0, 0.1) is 11.8 Å². The summed E-state index contributed by atoms with van der Waals surface area (Å²) in [6, 6.07) is 0. The zero-order valence-electron chi connectivity index (χ0n) is 6.42. The molecule has 0 saturated heterocycles. The van der Waals surface area contributed by atoms with E-state index in [-0.39, 0.29) is 4.87 Å². The van der Waals surface area contributed by atoms with Crippen molar-refractivity contribution in [3.05, 3.63) is 11.0 Å². The molecule has 10 heavy (non-hydrogen) atoms. The minimum absolute atomic E-state index is 0.101. The van der Waals surface area contributed by atoms with E-state index >= 15 is 0 Å². The van der Waals surface area contributed by atoms with Crippen molar-refractivity contribution in [2.24, 2.45) is 17.6 Å². The second-order valence-electron chi connectivity index (χ2n) is 3.49. The maximum absolute atomic E-state index is 6.10. The van der Waals surface area contributed by atoms with Crippen molar-refractivity contribution >= 4 is 11.8 Å². The van der Waals surface area contributed by atoms with Crippen LogP contribution in [0.1, 0.15) is 20.3 Å². The highest BCUT2D eigenvalue weighted by atomic mass is 32.2. The van der Waals surface area contributed by atoms with Gasteiger partial charge in [-0.15, -0.1) is 11.8 Å². The molecule has 3 aliphatic rings. The Kier molecular flexibility index (Phi) is 1.21. The normalized spacial score (nSPS) is 51.7. The molecule has 3 atom stereocenters. The molecule has 2 N–H and O–H groups in total. The standard InChI is InChI=1S/C8H13NS/c1-5-3-7-4-8(9,10-5)6(7)2/h3,6-7H,4,9H2,1-2H3. The predicted octanol–water partition coefficient (Wildman–Crippen LogP) is 1.95. The summed E-state index contributed by atoms with van der Waals surface area (Å²) < 4.78 is 0. The second kappa shape index (κ2) is 1.80. The number of nitrogens with two attached hydrogens (primary N) is 1. The summed E-state index contributed by atoms with van der Waals surface area (Å²) in [5.41, 5.74) is 6.10. The minimum atomic E-state index is 0.101. The van der Waals surface area contributed by atoms with E-state index in [1.807, 2.05) is 11.8 Å². The van der Waals surface area contributed by atoms with E-state index in [1.54, 1.807) is 0 Å². The van der Waals surface area contributed by atoms with Crippen molar-refractivity contribution in [1.82, 2.24) is 0 Å². The maximum atomic E-state index is 6.10. The fraction of sp³-hybridized carbons (Fsp3) is 0.750. The first-order valence-electron chi connectivity index (χ1n) is 3.78. The maximum Gasteiger partial charge on any atom is 0.0700 e. The van der Waals surface area contributed by atoms with Crippen molar-refractivity contribution < 1.29 is 0 Å². The van der Waals surface area contributed by atoms with Gasteiger partial charge in [-0.3, -0.25) is 0 Å². The lowest BCUT2D eigenvalue weighted by atomic mass is 9.69. The van der Waals surface area contributed by atoms with Crippen LogP contribution in [-0.2, 0) is 0 Å². The minimum Gasteiger partial charge on any atom is -0.316 e. The number of rotatable bonds is 0. The molecule has 0 aromatic carbocycles. The molecule has 1 nitrogen and oxygen atoms in total. The van der Waals surface area contributed by atoms with E-state index in [4.69, 9.17) is 5.73 Å². The second-order valence-corrected chi connectivity index (χ2v) is 5.10. The molecular weight excluding hydrogens is 142 g/mol. The SMILES string of the molecule is CC1=CC2CC(N)(S1)C2C. The van der Waals surface area contributed by atoms with E-state index in [9.17, 15) is 0 Å². The smallest absolute Gasteiger partial charge is 0.0700 e. The van der Waals surface area contributed by atoms with Gasteiger partial charge in [-0.2, -0.15) is 0 Å². The van der Waals surface area contributed by atoms with Crippen LogP contribution in [0.4, 0.5) is 0 Å². The molecule has 0 aromatic heterocycles. The average molecular weight is 155 g/mol. The first-order chi connectivity index (χ1) is 4.62. The largest absolute Gasteiger partial charge is 0.316 e. The summed E-state index contributed by atoms with van der Waals surface area (Å²) >= 11 is 1.86. The van der Waals surface area contributed by atoms with Crippen molar-refractivity contribution in [1.29, 1.82) is 0 Å². The lowest BCUT2D eigenvalue weighted by Crippen LogP contribution is -2.58. The van der Waals surface area contributed by atoms with Crippen LogP contribution in [0.15, 0.2) is 11.0 Å². The van der Waals surface area contributed by atoms with Gasteiger partial charge < -0.3 is 5.73 Å². The van der Waals surface area contributed by atoms with Gasteiger partial charge in [0, 0.05) is 0 Å². The molecule has 2 heterocycles. The number of hydrogen-bond acceptors (Lipinski definition) is 2. The van der Waals surface area contributed by atoms with Gasteiger partial charge >= 0.3 is 0 Å². The molecule has 2 heteroatoms. The zero-order valence-corrected chi connectivity index (χ0v) is 7.24. The van der Waals surface area contributed by atoms with Crippen LogP contribution in [0.5, 0.6) is 0 Å². The summed E-state index contributed by atoms with van der Waals surface area (Å²) in [7, 11) is 0. The zero-order chi connectivity index (χ0) is 7.35. The molecule has 3 unspecified atom stereocenters. The van der Waals surface area contributed by atoms with Crippen LogP contribution in [-0.4, -0.2) is 4.87 Å². The topological polar surface area (TPSA) is 26.0 Å². The first kappa shape index (κ1) is 6.74. The molecule has 2 bridgehead atoms. The molecule has 0 amide bonds. The predicted molar refractivity (Wildman–Crippen MR) is 45.5 cm³/mol.